The number of hydrogen-bond donors (Lipinski definition) is 0. The van der Waals surface area contributed by atoms with Crippen molar-refractivity contribution in [2.24, 2.45) is 0 Å². The molecule has 0 radical (unpaired) electrons. The molecule has 13 heavy (non-hydrogen) atoms. The van der Waals surface area contributed by atoms with Crippen molar-refractivity contribution in [3.05, 3.63) is 17.0 Å². The highest BCUT2D eigenvalue weighted by Gasteiger charge is 2.04. The summed E-state index contributed by atoms with van der Waals surface area (Å²) in [6.45, 7) is 5.83. The van der Waals surface area contributed by atoms with Gasteiger partial charge in [0.15, 0.2) is 0 Å². The summed E-state index contributed by atoms with van der Waals surface area (Å²) in [5.41, 5.74) is 0. The van der Waals surface area contributed by atoms with Gasteiger partial charge in [-0.05, 0) is 20.3 Å². The molecule has 4 heteroatoms. The van der Waals surface area contributed by atoms with Crippen LogP contribution < -0.4 is 4.74 Å². The number of aromatic nitrogens is 2. The van der Waals surface area contributed by atoms with Crippen LogP contribution in [0.3, 0.4) is 0 Å². The van der Waals surface area contributed by atoms with Gasteiger partial charge in [-0.3, -0.25) is 0 Å². The predicted octanol–water partition coefficient (Wildman–Crippen LogP) is 2.62. The molecule has 0 aliphatic rings. The van der Waals surface area contributed by atoms with E-state index in [1.54, 1.807) is 13.0 Å². The standard InChI is InChI=1S/C9H13ClN2O/c1-4-6(2)13-9-5-8(10)11-7(3)12-9/h5-6H,4H2,1-3H3. The molecule has 72 valence electrons. The van der Waals surface area contributed by atoms with Gasteiger partial charge < -0.3 is 4.74 Å². The average Bonchev–Trinajstić information content (AvgIpc) is 2.02. The topological polar surface area (TPSA) is 35.0 Å². The van der Waals surface area contributed by atoms with Crippen LogP contribution in [0, 0.1) is 6.92 Å². The Labute approximate surface area is 83.1 Å². The van der Waals surface area contributed by atoms with Crippen LogP contribution in [0.1, 0.15) is 26.1 Å². The van der Waals surface area contributed by atoms with Crippen LogP contribution in [0.4, 0.5) is 0 Å². The molecule has 0 saturated heterocycles. The van der Waals surface area contributed by atoms with Crippen molar-refractivity contribution in [1.29, 1.82) is 0 Å². The summed E-state index contributed by atoms with van der Waals surface area (Å²) in [6.07, 6.45) is 1.10. The summed E-state index contributed by atoms with van der Waals surface area (Å²) in [5.74, 6) is 1.18. The van der Waals surface area contributed by atoms with Gasteiger partial charge in [0, 0.05) is 6.07 Å². The third-order valence-corrected chi connectivity index (χ3v) is 1.87. The SMILES string of the molecule is CCC(C)Oc1cc(Cl)nc(C)n1. The molecule has 1 aromatic heterocycles. The van der Waals surface area contributed by atoms with E-state index < -0.39 is 0 Å². The molecule has 0 amide bonds. The molecule has 1 atom stereocenters. The van der Waals surface area contributed by atoms with Crippen molar-refractivity contribution >= 4 is 11.6 Å². The minimum atomic E-state index is 0.158. The van der Waals surface area contributed by atoms with Crippen molar-refractivity contribution < 1.29 is 4.74 Å². The van der Waals surface area contributed by atoms with E-state index in [0.29, 0.717) is 16.9 Å². The van der Waals surface area contributed by atoms with Crippen molar-refractivity contribution in [3.8, 4) is 5.88 Å². The van der Waals surface area contributed by atoms with Gasteiger partial charge in [-0.2, -0.15) is 4.98 Å². The first-order valence-corrected chi connectivity index (χ1v) is 4.67. The van der Waals surface area contributed by atoms with Crippen molar-refractivity contribution in [2.75, 3.05) is 0 Å². The lowest BCUT2D eigenvalue weighted by Crippen LogP contribution is -2.11. The maximum atomic E-state index is 5.75. The quantitative estimate of drug-likeness (QED) is 0.704. The molecule has 0 aliphatic carbocycles. The molecular weight excluding hydrogens is 188 g/mol. The van der Waals surface area contributed by atoms with Crippen LogP contribution in [-0.4, -0.2) is 16.1 Å². The number of aryl methyl sites for hydroxylation is 1. The van der Waals surface area contributed by atoms with Gasteiger partial charge in [-0.15, -0.1) is 0 Å². The second-order valence-electron chi connectivity index (χ2n) is 2.91. The van der Waals surface area contributed by atoms with Crippen LogP contribution in [0.2, 0.25) is 5.15 Å². The summed E-state index contributed by atoms with van der Waals surface area (Å²) < 4.78 is 5.49. The van der Waals surface area contributed by atoms with Crippen molar-refractivity contribution in [3.63, 3.8) is 0 Å². The van der Waals surface area contributed by atoms with Gasteiger partial charge in [0.25, 0.3) is 0 Å². The van der Waals surface area contributed by atoms with Crippen LogP contribution in [0.15, 0.2) is 6.07 Å². The van der Waals surface area contributed by atoms with E-state index in [1.807, 2.05) is 6.92 Å². The second-order valence-corrected chi connectivity index (χ2v) is 3.30. The zero-order chi connectivity index (χ0) is 9.84. The first kappa shape index (κ1) is 10.3. The normalized spacial score (nSPS) is 12.6. The highest BCUT2D eigenvalue weighted by atomic mass is 35.5. The summed E-state index contributed by atoms with van der Waals surface area (Å²) in [5, 5.41) is 0.422. The molecule has 1 rings (SSSR count). The molecule has 0 N–H and O–H groups in total. The zero-order valence-corrected chi connectivity index (χ0v) is 8.80. The fourth-order valence-corrected chi connectivity index (χ4v) is 1.07. The van der Waals surface area contributed by atoms with E-state index in [-0.39, 0.29) is 6.10 Å². The Morgan fingerprint density at radius 1 is 1.54 bits per heavy atom. The third-order valence-electron chi connectivity index (χ3n) is 1.68. The molecule has 1 aromatic rings. The number of nitrogens with zero attached hydrogens (tertiary/aromatic N) is 2. The largest absolute Gasteiger partial charge is 0.475 e. The Morgan fingerprint density at radius 2 is 2.23 bits per heavy atom. The van der Waals surface area contributed by atoms with Gasteiger partial charge in [0.2, 0.25) is 5.88 Å². The first-order valence-electron chi connectivity index (χ1n) is 4.29. The first-order chi connectivity index (χ1) is 6.11. The average molecular weight is 201 g/mol. The second kappa shape index (κ2) is 4.42. The Balaban J connectivity index is 2.77. The summed E-state index contributed by atoms with van der Waals surface area (Å²) >= 11 is 5.75. The van der Waals surface area contributed by atoms with Gasteiger partial charge in [-0.25, -0.2) is 4.98 Å². The fourth-order valence-electron chi connectivity index (χ4n) is 0.855. The molecule has 0 saturated carbocycles. The zero-order valence-electron chi connectivity index (χ0n) is 8.04. The minimum absolute atomic E-state index is 0.158. The Kier molecular flexibility index (Phi) is 3.48. The highest BCUT2D eigenvalue weighted by molar-refractivity contribution is 6.29. The molecule has 0 fully saturated rings. The maximum Gasteiger partial charge on any atom is 0.218 e. The van der Waals surface area contributed by atoms with E-state index >= 15 is 0 Å². The van der Waals surface area contributed by atoms with E-state index in [4.69, 9.17) is 16.3 Å². The molecule has 0 aliphatic heterocycles. The molecule has 0 aromatic carbocycles. The highest BCUT2D eigenvalue weighted by Crippen LogP contribution is 2.15. The molecular formula is C9H13ClN2O. The smallest absolute Gasteiger partial charge is 0.218 e. The number of ether oxygens (including phenoxy) is 1. The lowest BCUT2D eigenvalue weighted by molar-refractivity contribution is 0.208. The van der Waals surface area contributed by atoms with E-state index in [0.717, 1.165) is 6.42 Å². The van der Waals surface area contributed by atoms with E-state index in [9.17, 15) is 0 Å². The third kappa shape index (κ3) is 3.19. The van der Waals surface area contributed by atoms with Crippen LogP contribution >= 0.6 is 11.6 Å². The summed E-state index contributed by atoms with van der Waals surface area (Å²) in [6, 6.07) is 1.63. The van der Waals surface area contributed by atoms with Gasteiger partial charge in [0.05, 0.1) is 6.10 Å². The van der Waals surface area contributed by atoms with Gasteiger partial charge in [-0.1, -0.05) is 18.5 Å². The van der Waals surface area contributed by atoms with Crippen LogP contribution in [0.5, 0.6) is 5.88 Å². The van der Waals surface area contributed by atoms with E-state index in [2.05, 4.69) is 16.9 Å². The number of rotatable bonds is 3. The van der Waals surface area contributed by atoms with Crippen LogP contribution in [-0.2, 0) is 0 Å². The molecule has 3 nitrogen and oxygen atoms in total. The Morgan fingerprint density at radius 3 is 2.77 bits per heavy atom. The van der Waals surface area contributed by atoms with Crippen molar-refractivity contribution in [2.45, 2.75) is 33.3 Å². The molecule has 1 unspecified atom stereocenters. The molecule has 1 heterocycles. The lowest BCUT2D eigenvalue weighted by Gasteiger charge is -2.11. The lowest BCUT2D eigenvalue weighted by atomic mass is 10.3. The summed E-state index contributed by atoms with van der Waals surface area (Å²) in [4.78, 5) is 8.05. The Bertz CT molecular complexity index is 271. The Hall–Kier alpha value is -0.830. The van der Waals surface area contributed by atoms with Gasteiger partial charge >= 0.3 is 0 Å². The maximum absolute atomic E-state index is 5.75. The van der Waals surface area contributed by atoms with Gasteiger partial charge in [0.1, 0.15) is 11.0 Å². The van der Waals surface area contributed by atoms with E-state index in [1.165, 1.54) is 0 Å². The minimum Gasteiger partial charge on any atom is -0.475 e. The van der Waals surface area contributed by atoms with Crippen molar-refractivity contribution in [1.82, 2.24) is 9.97 Å². The number of hydrogen-bond acceptors (Lipinski definition) is 3. The fraction of sp³-hybridized carbons (Fsp3) is 0.556. The monoisotopic (exact) mass is 200 g/mol. The predicted molar refractivity (Wildman–Crippen MR) is 52.2 cm³/mol. The number of halogens is 1. The molecule has 0 bridgehead atoms. The summed E-state index contributed by atoms with van der Waals surface area (Å²) in [7, 11) is 0. The van der Waals surface area contributed by atoms with Crippen LogP contribution in [0.25, 0.3) is 0 Å². The molecule has 0 spiro atoms.